The lowest BCUT2D eigenvalue weighted by Gasteiger charge is -2.24. The molecule has 0 rings (SSSR count). The Hall–Kier alpha value is -1.27. The monoisotopic (exact) mass is 212 g/mol. The van der Waals surface area contributed by atoms with Crippen LogP contribution in [0.4, 0.5) is 13.2 Å². The van der Waals surface area contributed by atoms with Crippen molar-refractivity contribution in [2.45, 2.75) is 25.4 Å². The van der Waals surface area contributed by atoms with Gasteiger partial charge in [-0.05, 0) is 6.92 Å². The maximum absolute atomic E-state index is 12.9. The van der Waals surface area contributed by atoms with Gasteiger partial charge in [-0.2, -0.15) is 0 Å². The smallest absolute Gasteiger partial charge is 0.290 e. The van der Waals surface area contributed by atoms with Gasteiger partial charge in [0.2, 0.25) is 11.8 Å². The van der Waals surface area contributed by atoms with Gasteiger partial charge in [0.1, 0.15) is 5.92 Å². The second-order valence-corrected chi connectivity index (χ2v) is 2.92. The number of carbonyl (C=O) groups excluding carboxylic acids is 2. The summed E-state index contributed by atoms with van der Waals surface area (Å²) in [7, 11) is 0. The van der Waals surface area contributed by atoms with E-state index in [4.69, 9.17) is 0 Å². The highest BCUT2D eigenvalue weighted by Crippen LogP contribution is 2.32. The number of primary amides is 2. The minimum Gasteiger partial charge on any atom is -0.370 e. The highest BCUT2D eigenvalue weighted by molar-refractivity contribution is 5.84. The third-order valence-electron chi connectivity index (χ3n) is 1.74. The Bertz CT molecular complexity index is 243. The van der Waals surface area contributed by atoms with E-state index in [2.05, 4.69) is 11.5 Å². The SMILES string of the molecule is CC(F)C(F)(F)C(CC(N)=O)C(N)=O. The van der Waals surface area contributed by atoms with Crippen LogP contribution in [0.5, 0.6) is 0 Å². The zero-order valence-corrected chi connectivity index (χ0v) is 7.47. The van der Waals surface area contributed by atoms with Crippen molar-refractivity contribution in [3.05, 3.63) is 0 Å². The molecule has 0 aromatic carbocycles. The Labute approximate surface area is 78.4 Å². The van der Waals surface area contributed by atoms with Gasteiger partial charge < -0.3 is 11.5 Å². The molecule has 0 aromatic heterocycles. The van der Waals surface area contributed by atoms with Gasteiger partial charge in [0.05, 0.1) is 0 Å². The summed E-state index contributed by atoms with van der Waals surface area (Å²) in [5, 5.41) is 0. The number of hydrogen-bond acceptors (Lipinski definition) is 2. The average molecular weight is 212 g/mol. The van der Waals surface area contributed by atoms with Crippen LogP contribution < -0.4 is 11.5 Å². The summed E-state index contributed by atoms with van der Waals surface area (Å²) < 4.78 is 38.3. The molecule has 0 bridgehead atoms. The number of rotatable bonds is 5. The van der Waals surface area contributed by atoms with E-state index < -0.39 is 36.2 Å². The first kappa shape index (κ1) is 12.7. The summed E-state index contributed by atoms with van der Waals surface area (Å²) in [4.78, 5) is 20.9. The lowest BCUT2D eigenvalue weighted by Crippen LogP contribution is -2.46. The average Bonchev–Trinajstić information content (AvgIpc) is 1.98. The molecule has 4 N–H and O–H groups in total. The summed E-state index contributed by atoms with van der Waals surface area (Å²) in [6, 6.07) is 0. The van der Waals surface area contributed by atoms with Gasteiger partial charge in [-0.25, -0.2) is 13.2 Å². The quantitative estimate of drug-likeness (QED) is 0.669. The zero-order chi connectivity index (χ0) is 11.5. The molecule has 7 heteroatoms. The summed E-state index contributed by atoms with van der Waals surface area (Å²) in [6.45, 7) is 0.580. The Morgan fingerprint density at radius 3 is 2.00 bits per heavy atom. The van der Waals surface area contributed by atoms with Crippen molar-refractivity contribution < 1.29 is 22.8 Å². The molecule has 2 unspecified atom stereocenters. The van der Waals surface area contributed by atoms with Crippen LogP contribution in [0.25, 0.3) is 0 Å². The molecule has 0 spiro atoms. The molecule has 0 aliphatic carbocycles. The number of alkyl halides is 3. The Morgan fingerprint density at radius 2 is 1.79 bits per heavy atom. The van der Waals surface area contributed by atoms with Crippen LogP contribution in [0.2, 0.25) is 0 Å². The third kappa shape index (κ3) is 2.90. The van der Waals surface area contributed by atoms with Crippen molar-refractivity contribution >= 4 is 11.8 Å². The first-order valence-electron chi connectivity index (χ1n) is 3.79. The Kier molecular flexibility index (Phi) is 3.91. The van der Waals surface area contributed by atoms with Crippen molar-refractivity contribution in [1.82, 2.24) is 0 Å². The molecule has 0 saturated carbocycles. The summed E-state index contributed by atoms with van der Waals surface area (Å²) >= 11 is 0. The molecule has 0 fully saturated rings. The van der Waals surface area contributed by atoms with Crippen LogP contribution in [0.15, 0.2) is 0 Å². The molecule has 14 heavy (non-hydrogen) atoms. The number of nitrogens with two attached hydrogens (primary N) is 2. The number of amides is 2. The lowest BCUT2D eigenvalue weighted by atomic mass is 9.93. The normalized spacial score (nSPS) is 16.0. The fourth-order valence-corrected chi connectivity index (χ4v) is 0.905. The summed E-state index contributed by atoms with van der Waals surface area (Å²) in [5.41, 5.74) is 9.24. The second kappa shape index (κ2) is 4.30. The molecule has 82 valence electrons. The molecule has 2 atom stereocenters. The molecule has 0 aliphatic rings. The van der Waals surface area contributed by atoms with Gasteiger partial charge in [-0.15, -0.1) is 0 Å². The molecular weight excluding hydrogens is 201 g/mol. The molecule has 0 heterocycles. The van der Waals surface area contributed by atoms with E-state index in [9.17, 15) is 22.8 Å². The molecule has 0 aliphatic heterocycles. The second-order valence-electron chi connectivity index (χ2n) is 2.92. The van der Waals surface area contributed by atoms with Gasteiger partial charge >= 0.3 is 0 Å². The van der Waals surface area contributed by atoms with Crippen molar-refractivity contribution in [3.8, 4) is 0 Å². The Balaban J connectivity index is 4.81. The summed E-state index contributed by atoms with van der Waals surface area (Å²) in [6.07, 6.45) is -3.53. The van der Waals surface area contributed by atoms with E-state index in [1.165, 1.54) is 0 Å². The van der Waals surface area contributed by atoms with Crippen molar-refractivity contribution in [2.24, 2.45) is 17.4 Å². The maximum atomic E-state index is 12.9. The van der Waals surface area contributed by atoms with E-state index in [0.29, 0.717) is 6.92 Å². The van der Waals surface area contributed by atoms with Crippen LogP contribution in [-0.2, 0) is 9.59 Å². The van der Waals surface area contributed by atoms with Crippen LogP contribution in [0.1, 0.15) is 13.3 Å². The van der Waals surface area contributed by atoms with Crippen LogP contribution in [0, 0.1) is 5.92 Å². The Morgan fingerprint density at radius 1 is 1.36 bits per heavy atom. The van der Waals surface area contributed by atoms with Gasteiger partial charge in [0.25, 0.3) is 5.92 Å². The van der Waals surface area contributed by atoms with E-state index >= 15 is 0 Å². The van der Waals surface area contributed by atoms with E-state index in [0.717, 1.165) is 0 Å². The van der Waals surface area contributed by atoms with E-state index in [1.807, 2.05) is 0 Å². The van der Waals surface area contributed by atoms with Gasteiger partial charge in [0, 0.05) is 6.42 Å². The fraction of sp³-hybridized carbons (Fsp3) is 0.714. The summed E-state index contributed by atoms with van der Waals surface area (Å²) in [5.74, 6) is -8.74. The minimum atomic E-state index is -3.97. The van der Waals surface area contributed by atoms with Crippen molar-refractivity contribution in [2.75, 3.05) is 0 Å². The van der Waals surface area contributed by atoms with E-state index in [1.54, 1.807) is 0 Å². The highest BCUT2D eigenvalue weighted by Gasteiger charge is 2.49. The number of carbonyl (C=O) groups is 2. The molecular formula is C7H11F3N2O2. The number of halogens is 3. The highest BCUT2D eigenvalue weighted by atomic mass is 19.3. The molecule has 0 radical (unpaired) electrons. The fourth-order valence-electron chi connectivity index (χ4n) is 0.905. The van der Waals surface area contributed by atoms with Gasteiger partial charge in [0.15, 0.2) is 6.17 Å². The molecule has 4 nitrogen and oxygen atoms in total. The van der Waals surface area contributed by atoms with Crippen LogP contribution >= 0.6 is 0 Å². The van der Waals surface area contributed by atoms with Crippen LogP contribution in [-0.4, -0.2) is 23.9 Å². The van der Waals surface area contributed by atoms with E-state index in [-0.39, 0.29) is 0 Å². The first-order chi connectivity index (χ1) is 6.19. The van der Waals surface area contributed by atoms with Crippen molar-refractivity contribution in [1.29, 1.82) is 0 Å². The van der Waals surface area contributed by atoms with Crippen LogP contribution in [0.3, 0.4) is 0 Å². The predicted molar refractivity (Wildman–Crippen MR) is 42.0 cm³/mol. The predicted octanol–water partition coefficient (Wildman–Crippen LogP) is -0.0434. The maximum Gasteiger partial charge on any atom is 0.290 e. The minimum absolute atomic E-state index is 0.580. The van der Waals surface area contributed by atoms with Gasteiger partial charge in [-0.3, -0.25) is 9.59 Å². The lowest BCUT2D eigenvalue weighted by molar-refractivity contribution is -0.152. The topological polar surface area (TPSA) is 86.2 Å². The van der Waals surface area contributed by atoms with Gasteiger partial charge in [-0.1, -0.05) is 0 Å². The standard InChI is InChI=1S/C7H11F3N2O2/c1-3(8)7(9,10)4(6(12)14)2-5(11)13/h3-4H,2H2,1H3,(H2,11,13)(H2,12,14). The largest absolute Gasteiger partial charge is 0.370 e. The molecule has 0 aromatic rings. The molecule has 0 saturated heterocycles. The van der Waals surface area contributed by atoms with Crippen molar-refractivity contribution in [3.63, 3.8) is 0 Å². The third-order valence-corrected chi connectivity index (χ3v) is 1.74. The zero-order valence-electron chi connectivity index (χ0n) is 7.47. The first-order valence-corrected chi connectivity index (χ1v) is 3.79. The number of hydrogen-bond donors (Lipinski definition) is 2. The molecule has 2 amide bonds.